The third kappa shape index (κ3) is 5.76. The molecule has 0 aromatic heterocycles. The highest BCUT2D eigenvalue weighted by molar-refractivity contribution is 5.23. The Hall–Kier alpha value is -0.990. The van der Waals surface area contributed by atoms with E-state index in [0.29, 0.717) is 5.56 Å². The monoisotopic (exact) mass is 394 g/mol. The van der Waals surface area contributed by atoms with E-state index in [2.05, 4.69) is 6.92 Å². The summed E-state index contributed by atoms with van der Waals surface area (Å²) in [7, 11) is 0. The average molecular weight is 395 g/mol. The van der Waals surface area contributed by atoms with Crippen molar-refractivity contribution in [2.75, 3.05) is 0 Å². The predicted molar refractivity (Wildman–Crippen MR) is 110 cm³/mol. The number of hydrogen-bond donors (Lipinski definition) is 0. The smallest absolute Gasteiger partial charge is 0.194 e. The average Bonchev–Trinajstić information content (AvgIpc) is 2.72. The van der Waals surface area contributed by atoms with E-state index in [-0.39, 0.29) is 5.92 Å². The lowest BCUT2D eigenvalue weighted by Gasteiger charge is -2.38. The van der Waals surface area contributed by atoms with Gasteiger partial charge in [0.15, 0.2) is 17.5 Å². The van der Waals surface area contributed by atoms with Crippen LogP contribution < -0.4 is 0 Å². The van der Waals surface area contributed by atoms with Crippen LogP contribution in [0, 0.1) is 35.2 Å². The Morgan fingerprint density at radius 3 is 1.82 bits per heavy atom. The van der Waals surface area contributed by atoms with Crippen LogP contribution >= 0.6 is 0 Å². The molecular weight excluding hydrogens is 357 g/mol. The van der Waals surface area contributed by atoms with Crippen LogP contribution in [0.4, 0.5) is 13.2 Å². The third-order valence-corrected chi connectivity index (χ3v) is 7.52. The Morgan fingerprint density at radius 2 is 1.25 bits per heavy atom. The molecule has 0 N–H and O–H groups in total. The number of halogens is 3. The maximum atomic E-state index is 13.5. The molecule has 3 heteroatoms. The number of hydrogen-bond acceptors (Lipinski definition) is 0. The molecule has 0 amide bonds. The fourth-order valence-corrected chi connectivity index (χ4v) is 5.72. The molecule has 0 spiro atoms. The van der Waals surface area contributed by atoms with Gasteiger partial charge in [-0.2, -0.15) is 0 Å². The van der Waals surface area contributed by atoms with Crippen molar-refractivity contribution in [1.29, 1.82) is 0 Å². The predicted octanol–water partition coefficient (Wildman–Crippen LogP) is 8.54. The summed E-state index contributed by atoms with van der Waals surface area (Å²) in [5.74, 6) is -0.703. The summed E-state index contributed by atoms with van der Waals surface area (Å²) in [5.41, 5.74) is 0.640. The highest BCUT2D eigenvalue weighted by Crippen LogP contribution is 2.44. The molecule has 0 aliphatic heterocycles. The summed E-state index contributed by atoms with van der Waals surface area (Å²) in [6, 6.07) is 2.41. The van der Waals surface area contributed by atoms with Crippen molar-refractivity contribution in [3.63, 3.8) is 0 Å². The van der Waals surface area contributed by atoms with Crippen molar-refractivity contribution in [1.82, 2.24) is 0 Å². The van der Waals surface area contributed by atoms with Crippen LogP contribution in [0.25, 0.3) is 0 Å². The zero-order valence-corrected chi connectivity index (χ0v) is 17.5. The Morgan fingerprint density at radius 1 is 0.714 bits per heavy atom. The van der Waals surface area contributed by atoms with Crippen molar-refractivity contribution in [2.45, 2.75) is 103 Å². The first kappa shape index (κ1) is 21.7. The highest BCUT2D eigenvalue weighted by atomic mass is 19.2. The van der Waals surface area contributed by atoms with Gasteiger partial charge in [-0.05, 0) is 79.9 Å². The maximum absolute atomic E-state index is 13.5. The second-order valence-corrected chi connectivity index (χ2v) is 9.39. The van der Waals surface area contributed by atoms with Crippen LogP contribution in [-0.4, -0.2) is 0 Å². The summed E-state index contributed by atoms with van der Waals surface area (Å²) in [4.78, 5) is 0. The van der Waals surface area contributed by atoms with E-state index in [1.165, 1.54) is 76.3 Å². The lowest BCUT2D eigenvalue weighted by Crippen LogP contribution is -2.25. The van der Waals surface area contributed by atoms with E-state index in [1.54, 1.807) is 0 Å². The summed E-state index contributed by atoms with van der Waals surface area (Å²) >= 11 is 0. The summed E-state index contributed by atoms with van der Waals surface area (Å²) < 4.78 is 40.3. The van der Waals surface area contributed by atoms with Gasteiger partial charge in [-0.25, -0.2) is 13.2 Å². The lowest BCUT2D eigenvalue weighted by molar-refractivity contribution is 0.155. The molecule has 0 nitrogen and oxygen atoms in total. The van der Waals surface area contributed by atoms with Crippen LogP contribution in [0.3, 0.4) is 0 Å². The van der Waals surface area contributed by atoms with E-state index in [0.717, 1.165) is 43.4 Å². The van der Waals surface area contributed by atoms with Gasteiger partial charge in [0.25, 0.3) is 0 Å². The Balaban J connectivity index is 1.39. The van der Waals surface area contributed by atoms with Gasteiger partial charge in [0.05, 0.1) is 0 Å². The lowest BCUT2D eigenvalue weighted by atomic mass is 9.68. The van der Waals surface area contributed by atoms with Crippen LogP contribution in [-0.2, 0) is 0 Å². The fraction of sp³-hybridized carbons (Fsp3) is 0.760. The fourth-order valence-electron chi connectivity index (χ4n) is 5.72. The maximum Gasteiger partial charge on any atom is 0.194 e. The molecule has 28 heavy (non-hydrogen) atoms. The number of benzene rings is 1. The second-order valence-electron chi connectivity index (χ2n) is 9.39. The summed E-state index contributed by atoms with van der Waals surface area (Å²) in [6.45, 7) is 2.27. The molecule has 0 saturated heterocycles. The van der Waals surface area contributed by atoms with Gasteiger partial charge < -0.3 is 0 Å². The molecule has 0 unspecified atom stereocenters. The molecule has 1 aromatic rings. The van der Waals surface area contributed by atoms with Gasteiger partial charge in [0.1, 0.15) is 0 Å². The normalized spacial score (nSPS) is 28.4. The summed E-state index contributed by atoms with van der Waals surface area (Å²) in [5, 5.41) is 0. The number of unbranched alkanes of at least 4 members (excludes halogenated alkanes) is 4. The minimum absolute atomic E-state index is 0.181. The second kappa shape index (κ2) is 10.7. The molecule has 158 valence electrons. The molecule has 3 rings (SSSR count). The van der Waals surface area contributed by atoms with Gasteiger partial charge in [0, 0.05) is 0 Å². The first-order valence-electron chi connectivity index (χ1n) is 11.7. The third-order valence-electron chi connectivity index (χ3n) is 7.52. The molecular formula is C25H37F3. The Bertz CT molecular complexity index is 573. The SMILES string of the molecule is CCCCCCC[C@H]1CC[C@H](C2CCC(c3cc(F)c(F)c(F)c3)CC2)CC1. The standard InChI is InChI=1S/C25H37F3/c1-2-3-4-5-6-7-18-8-10-19(11-9-18)20-12-14-21(15-13-20)22-16-23(26)25(28)24(27)17-22/h16-21H,2-15H2,1H3/t18-,19-,20?,21?. The van der Waals surface area contributed by atoms with E-state index in [1.807, 2.05) is 0 Å². The first-order chi connectivity index (χ1) is 13.6. The zero-order chi connectivity index (χ0) is 19.9. The van der Waals surface area contributed by atoms with E-state index in [4.69, 9.17) is 0 Å². The van der Waals surface area contributed by atoms with E-state index >= 15 is 0 Å². The van der Waals surface area contributed by atoms with Crippen LogP contribution in [0.5, 0.6) is 0 Å². The Kier molecular flexibility index (Phi) is 8.29. The molecule has 0 bridgehead atoms. The molecule has 2 saturated carbocycles. The van der Waals surface area contributed by atoms with Gasteiger partial charge in [0.2, 0.25) is 0 Å². The molecule has 1 aromatic carbocycles. The van der Waals surface area contributed by atoms with Crippen LogP contribution in [0.15, 0.2) is 12.1 Å². The zero-order valence-electron chi connectivity index (χ0n) is 17.5. The first-order valence-corrected chi connectivity index (χ1v) is 11.7. The van der Waals surface area contributed by atoms with Crippen molar-refractivity contribution in [3.8, 4) is 0 Å². The number of rotatable bonds is 8. The van der Waals surface area contributed by atoms with Crippen molar-refractivity contribution in [3.05, 3.63) is 35.1 Å². The van der Waals surface area contributed by atoms with Crippen molar-refractivity contribution < 1.29 is 13.2 Å². The minimum atomic E-state index is -1.35. The molecule has 0 atom stereocenters. The van der Waals surface area contributed by atoms with Crippen molar-refractivity contribution in [2.24, 2.45) is 17.8 Å². The molecule has 0 heterocycles. The van der Waals surface area contributed by atoms with Gasteiger partial charge >= 0.3 is 0 Å². The highest BCUT2D eigenvalue weighted by Gasteiger charge is 2.31. The van der Waals surface area contributed by atoms with E-state index < -0.39 is 17.5 Å². The minimum Gasteiger partial charge on any atom is -0.204 e. The Labute approximate surface area is 169 Å². The topological polar surface area (TPSA) is 0 Å². The quantitative estimate of drug-likeness (QED) is 0.306. The van der Waals surface area contributed by atoms with Crippen LogP contribution in [0.1, 0.15) is 108 Å². The molecule has 2 aliphatic rings. The van der Waals surface area contributed by atoms with Gasteiger partial charge in [-0.3, -0.25) is 0 Å². The van der Waals surface area contributed by atoms with E-state index in [9.17, 15) is 13.2 Å². The molecule has 2 fully saturated rings. The summed E-state index contributed by atoms with van der Waals surface area (Å²) in [6.07, 6.45) is 18.1. The van der Waals surface area contributed by atoms with Crippen molar-refractivity contribution >= 4 is 0 Å². The van der Waals surface area contributed by atoms with Crippen LogP contribution in [0.2, 0.25) is 0 Å². The van der Waals surface area contributed by atoms with Gasteiger partial charge in [-0.15, -0.1) is 0 Å². The van der Waals surface area contributed by atoms with Gasteiger partial charge in [-0.1, -0.05) is 58.3 Å². The largest absolute Gasteiger partial charge is 0.204 e. The molecule has 0 radical (unpaired) electrons. The molecule has 2 aliphatic carbocycles.